The second-order valence-electron chi connectivity index (χ2n) is 6.42. The van der Waals surface area contributed by atoms with Crippen molar-refractivity contribution in [1.82, 2.24) is 5.32 Å². The number of nitrogens with one attached hydrogen (secondary N) is 1. The predicted molar refractivity (Wildman–Crippen MR) is 95.6 cm³/mol. The van der Waals surface area contributed by atoms with Crippen LogP contribution in [-0.2, 0) is 11.2 Å². The van der Waals surface area contributed by atoms with E-state index in [1.807, 2.05) is 44.2 Å². The van der Waals surface area contributed by atoms with Crippen LogP contribution in [0.1, 0.15) is 41.8 Å². The van der Waals surface area contributed by atoms with Gasteiger partial charge in [-0.15, -0.1) is 0 Å². The molecule has 4 nitrogen and oxygen atoms in total. The standard InChI is InChI=1S/C20H24N2O2/c1-14(2)12-18(19(21)23)22-20(24)17-10-8-16(9-11-17)13-15-6-4-3-5-7-15/h3-11,14,18H,12-13H2,1-2H3,(H2,21,23)(H,22,24). The first kappa shape index (κ1) is 17.7. The summed E-state index contributed by atoms with van der Waals surface area (Å²) in [6, 6.07) is 16.9. The average molecular weight is 324 g/mol. The Morgan fingerprint density at radius 1 is 0.958 bits per heavy atom. The Balaban J connectivity index is 2.01. The van der Waals surface area contributed by atoms with Crippen LogP contribution >= 0.6 is 0 Å². The summed E-state index contributed by atoms with van der Waals surface area (Å²) in [6.07, 6.45) is 1.35. The molecule has 2 rings (SSSR count). The zero-order valence-corrected chi connectivity index (χ0v) is 14.2. The minimum absolute atomic E-state index is 0.272. The number of benzene rings is 2. The van der Waals surface area contributed by atoms with E-state index in [0.29, 0.717) is 12.0 Å². The molecule has 0 spiro atoms. The number of rotatable bonds is 7. The first-order valence-corrected chi connectivity index (χ1v) is 8.18. The highest BCUT2D eigenvalue weighted by Crippen LogP contribution is 2.12. The minimum atomic E-state index is -0.638. The van der Waals surface area contributed by atoms with Gasteiger partial charge in [-0.2, -0.15) is 0 Å². The third-order valence-corrected chi connectivity index (χ3v) is 3.82. The predicted octanol–water partition coefficient (Wildman–Crippen LogP) is 2.91. The first-order chi connectivity index (χ1) is 11.5. The highest BCUT2D eigenvalue weighted by atomic mass is 16.2. The molecule has 0 fully saturated rings. The van der Waals surface area contributed by atoms with Crippen LogP contribution in [0.3, 0.4) is 0 Å². The molecule has 126 valence electrons. The second-order valence-corrected chi connectivity index (χ2v) is 6.42. The molecule has 0 aromatic heterocycles. The van der Waals surface area contributed by atoms with E-state index in [2.05, 4.69) is 17.4 Å². The number of hydrogen-bond donors (Lipinski definition) is 2. The monoisotopic (exact) mass is 324 g/mol. The summed E-state index contributed by atoms with van der Waals surface area (Å²) < 4.78 is 0. The van der Waals surface area contributed by atoms with E-state index in [0.717, 1.165) is 12.0 Å². The lowest BCUT2D eigenvalue weighted by Gasteiger charge is -2.17. The van der Waals surface area contributed by atoms with Crippen molar-refractivity contribution < 1.29 is 9.59 Å². The van der Waals surface area contributed by atoms with Crippen molar-refractivity contribution in [2.24, 2.45) is 11.7 Å². The summed E-state index contributed by atoms with van der Waals surface area (Å²) in [5.41, 5.74) is 8.25. The maximum absolute atomic E-state index is 12.3. The Labute approximate surface area is 143 Å². The van der Waals surface area contributed by atoms with Gasteiger partial charge in [0, 0.05) is 5.56 Å². The number of carbonyl (C=O) groups is 2. The quantitative estimate of drug-likeness (QED) is 0.822. The van der Waals surface area contributed by atoms with E-state index < -0.39 is 11.9 Å². The van der Waals surface area contributed by atoms with Crippen LogP contribution in [0.5, 0.6) is 0 Å². The van der Waals surface area contributed by atoms with Crippen molar-refractivity contribution in [1.29, 1.82) is 0 Å². The normalized spacial score (nSPS) is 12.0. The lowest BCUT2D eigenvalue weighted by molar-refractivity contribution is -0.120. The molecule has 0 aliphatic heterocycles. The third-order valence-electron chi connectivity index (χ3n) is 3.82. The molecule has 0 saturated heterocycles. The molecule has 2 aromatic carbocycles. The molecule has 0 radical (unpaired) electrons. The smallest absolute Gasteiger partial charge is 0.251 e. The highest BCUT2D eigenvalue weighted by molar-refractivity contribution is 5.97. The topological polar surface area (TPSA) is 72.2 Å². The van der Waals surface area contributed by atoms with E-state index in [-0.39, 0.29) is 11.8 Å². The van der Waals surface area contributed by atoms with E-state index >= 15 is 0 Å². The maximum atomic E-state index is 12.3. The molecule has 2 amide bonds. The molecular weight excluding hydrogens is 300 g/mol. The molecule has 4 heteroatoms. The number of primary amides is 1. The molecular formula is C20H24N2O2. The van der Waals surface area contributed by atoms with Crippen LogP contribution in [0.2, 0.25) is 0 Å². The van der Waals surface area contributed by atoms with Gasteiger partial charge in [-0.3, -0.25) is 9.59 Å². The van der Waals surface area contributed by atoms with Crippen molar-refractivity contribution in [3.63, 3.8) is 0 Å². The SMILES string of the molecule is CC(C)CC(NC(=O)c1ccc(Cc2ccccc2)cc1)C(N)=O. The van der Waals surface area contributed by atoms with Crippen molar-refractivity contribution in [3.05, 3.63) is 71.3 Å². The van der Waals surface area contributed by atoms with Crippen LogP contribution in [0, 0.1) is 5.92 Å². The van der Waals surface area contributed by atoms with Crippen molar-refractivity contribution in [2.75, 3.05) is 0 Å². The maximum Gasteiger partial charge on any atom is 0.251 e. The first-order valence-electron chi connectivity index (χ1n) is 8.18. The molecule has 1 unspecified atom stereocenters. The Hall–Kier alpha value is -2.62. The van der Waals surface area contributed by atoms with E-state index in [1.165, 1.54) is 5.56 Å². The van der Waals surface area contributed by atoms with E-state index in [1.54, 1.807) is 12.1 Å². The number of carbonyl (C=O) groups excluding carboxylic acids is 2. The lowest BCUT2D eigenvalue weighted by Crippen LogP contribution is -2.45. The summed E-state index contributed by atoms with van der Waals surface area (Å²) >= 11 is 0. The van der Waals surface area contributed by atoms with Crippen LogP contribution < -0.4 is 11.1 Å². The van der Waals surface area contributed by atoms with Gasteiger partial charge >= 0.3 is 0 Å². The van der Waals surface area contributed by atoms with Gasteiger partial charge in [0.1, 0.15) is 6.04 Å². The Morgan fingerprint density at radius 2 is 1.54 bits per heavy atom. The molecule has 0 aliphatic rings. The number of amides is 2. The Bertz CT molecular complexity index is 679. The van der Waals surface area contributed by atoms with Crippen LogP contribution in [0.4, 0.5) is 0 Å². The molecule has 24 heavy (non-hydrogen) atoms. The van der Waals surface area contributed by atoms with Crippen molar-refractivity contribution in [2.45, 2.75) is 32.7 Å². The van der Waals surface area contributed by atoms with Gasteiger partial charge in [-0.25, -0.2) is 0 Å². The number of nitrogens with two attached hydrogens (primary N) is 1. The summed E-state index contributed by atoms with van der Waals surface area (Å²) in [6.45, 7) is 3.97. The fourth-order valence-corrected chi connectivity index (χ4v) is 2.56. The van der Waals surface area contributed by atoms with Gasteiger partial charge in [0.15, 0.2) is 0 Å². The fraction of sp³-hybridized carbons (Fsp3) is 0.300. The van der Waals surface area contributed by atoms with Crippen LogP contribution in [-0.4, -0.2) is 17.9 Å². The van der Waals surface area contributed by atoms with Gasteiger partial charge in [0.2, 0.25) is 5.91 Å². The van der Waals surface area contributed by atoms with Gasteiger partial charge in [-0.05, 0) is 42.0 Å². The van der Waals surface area contributed by atoms with Gasteiger partial charge in [0.05, 0.1) is 0 Å². The Kier molecular flexibility index (Phi) is 6.13. The second kappa shape index (κ2) is 8.29. The van der Waals surface area contributed by atoms with Gasteiger partial charge in [-0.1, -0.05) is 56.3 Å². The summed E-state index contributed by atoms with van der Waals surface area (Å²) in [5, 5.41) is 2.72. The third kappa shape index (κ3) is 5.23. The molecule has 0 heterocycles. The molecule has 0 bridgehead atoms. The summed E-state index contributed by atoms with van der Waals surface area (Å²) in [5.74, 6) is -0.500. The lowest BCUT2D eigenvalue weighted by atomic mass is 10.0. The van der Waals surface area contributed by atoms with Crippen LogP contribution in [0.25, 0.3) is 0 Å². The average Bonchev–Trinajstić information content (AvgIpc) is 2.55. The zero-order chi connectivity index (χ0) is 17.5. The summed E-state index contributed by atoms with van der Waals surface area (Å²) in [7, 11) is 0. The molecule has 0 saturated carbocycles. The Morgan fingerprint density at radius 3 is 2.08 bits per heavy atom. The van der Waals surface area contributed by atoms with Crippen LogP contribution in [0.15, 0.2) is 54.6 Å². The highest BCUT2D eigenvalue weighted by Gasteiger charge is 2.19. The van der Waals surface area contributed by atoms with Gasteiger partial charge < -0.3 is 11.1 Å². The summed E-state index contributed by atoms with van der Waals surface area (Å²) in [4.78, 5) is 23.8. The number of hydrogen-bond acceptors (Lipinski definition) is 2. The molecule has 3 N–H and O–H groups in total. The molecule has 0 aliphatic carbocycles. The van der Waals surface area contributed by atoms with E-state index in [9.17, 15) is 9.59 Å². The molecule has 1 atom stereocenters. The fourth-order valence-electron chi connectivity index (χ4n) is 2.56. The van der Waals surface area contributed by atoms with Gasteiger partial charge in [0.25, 0.3) is 5.91 Å². The largest absolute Gasteiger partial charge is 0.368 e. The zero-order valence-electron chi connectivity index (χ0n) is 14.2. The van der Waals surface area contributed by atoms with Crippen molar-refractivity contribution >= 4 is 11.8 Å². The molecule has 2 aromatic rings. The van der Waals surface area contributed by atoms with E-state index in [4.69, 9.17) is 5.73 Å². The van der Waals surface area contributed by atoms with Crippen molar-refractivity contribution in [3.8, 4) is 0 Å². The minimum Gasteiger partial charge on any atom is -0.368 e.